The van der Waals surface area contributed by atoms with Gasteiger partial charge < -0.3 is 14.2 Å². The van der Waals surface area contributed by atoms with Gasteiger partial charge in [-0.3, -0.25) is 14.4 Å². The van der Waals surface area contributed by atoms with Gasteiger partial charge in [0.2, 0.25) is 0 Å². The number of ether oxygens (including phenoxy) is 3. The summed E-state index contributed by atoms with van der Waals surface area (Å²) in [5, 5.41) is 0. The van der Waals surface area contributed by atoms with Gasteiger partial charge in [-0.05, 0) is 89.9 Å². The molecular formula is C59H96O6. The Bertz CT molecular complexity index is 1360. The van der Waals surface area contributed by atoms with Crippen molar-refractivity contribution in [1.29, 1.82) is 0 Å². The fraction of sp³-hybridized carbons (Fsp3) is 0.644. The van der Waals surface area contributed by atoms with Crippen molar-refractivity contribution in [3.8, 4) is 0 Å². The van der Waals surface area contributed by atoms with Crippen LogP contribution in [0.2, 0.25) is 0 Å². The molecule has 368 valence electrons. The number of rotatable bonds is 46. The first-order chi connectivity index (χ1) is 32.0. The molecule has 1 atom stereocenters. The van der Waals surface area contributed by atoms with Crippen LogP contribution in [-0.4, -0.2) is 37.2 Å². The Morgan fingerprint density at radius 1 is 0.323 bits per heavy atom. The minimum atomic E-state index is -0.797. The lowest BCUT2D eigenvalue weighted by Crippen LogP contribution is -2.30. The average Bonchev–Trinajstić information content (AvgIpc) is 3.30. The van der Waals surface area contributed by atoms with E-state index < -0.39 is 6.10 Å². The predicted molar refractivity (Wildman–Crippen MR) is 279 cm³/mol. The largest absolute Gasteiger partial charge is 0.462 e. The van der Waals surface area contributed by atoms with Gasteiger partial charge >= 0.3 is 17.9 Å². The molecule has 0 radical (unpaired) electrons. The molecule has 6 heteroatoms. The van der Waals surface area contributed by atoms with Crippen LogP contribution in [-0.2, 0) is 28.6 Å². The van der Waals surface area contributed by atoms with Crippen LogP contribution >= 0.6 is 0 Å². The zero-order valence-corrected chi connectivity index (χ0v) is 42.0. The SMILES string of the molecule is CC\C=C/C=C\C=C/CCCCCCCCCC(=O)OC(COC(=O)CCCCCCC\C=C/C=C\C=C/CC)COC(=O)CCCCCCCCCCC/C=C\C/C=C\C/C=C\CC. The number of hydrogen-bond donors (Lipinski definition) is 0. The summed E-state index contributed by atoms with van der Waals surface area (Å²) in [7, 11) is 0. The Morgan fingerprint density at radius 3 is 1.03 bits per heavy atom. The molecule has 0 bridgehead atoms. The molecule has 65 heavy (non-hydrogen) atoms. The summed E-state index contributed by atoms with van der Waals surface area (Å²) in [4.78, 5) is 38.0. The Labute approximate surface area is 400 Å². The van der Waals surface area contributed by atoms with Crippen LogP contribution in [0.3, 0.4) is 0 Å². The van der Waals surface area contributed by atoms with Gasteiger partial charge in [-0.25, -0.2) is 0 Å². The summed E-state index contributed by atoms with van der Waals surface area (Å²) < 4.78 is 16.8. The molecule has 0 spiro atoms. The van der Waals surface area contributed by atoms with Gasteiger partial charge in [0.05, 0.1) is 0 Å². The van der Waals surface area contributed by atoms with E-state index in [2.05, 4.69) is 130 Å². The van der Waals surface area contributed by atoms with Crippen molar-refractivity contribution in [2.24, 2.45) is 0 Å². The molecule has 0 amide bonds. The maximum absolute atomic E-state index is 12.8. The van der Waals surface area contributed by atoms with Gasteiger partial charge in [0.25, 0.3) is 0 Å². The van der Waals surface area contributed by atoms with Gasteiger partial charge in [0, 0.05) is 19.3 Å². The molecule has 6 nitrogen and oxygen atoms in total. The van der Waals surface area contributed by atoms with E-state index in [1.807, 2.05) is 0 Å². The third-order valence-electron chi connectivity index (χ3n) is 10.9. The molecule has 0 saturated heterocycles. The molecular weight excluding hydrogens is 805 g/mol. The molecule has 0 aliphatic rings. The highest BCUT2D eigenvalue weighted by atomic mass is 16.6. The quantitative estimate of drug-likeness (QED) is 0.0199. The number of carbonyl (C=O) groups excluding carboxylic acids is 3. The van der Waals surface area contributed by atoms with Gasteiger partial charge in [0.15, 0.2) is 6.10 Å². The molecule has 0 aromatic heterocycles. The fourth-order valence-corrected chi connectivity index (χ4v) is 6.99. The van der Waals surface area contributed by atoms with Crippen LogP contribution in [0, 0.1) is 0 Å². The first-order valence-corrected chi connectivity index (χ1v) is 26.5. The van der Waals surface area contributed by atoms with Crippen LogP contribution in [0.1, 0.15) is 226 Å². The standard InChI is InChI=1S/C59H96O6/c1-4-7-10-13-16-19-22-25-27-28-29-30-32-34-37-40-43-46-49-52-58(61)64-55-56(54-63-57(60)51-48-45-42-39-36-33-24-21-18-15-12-9-6-3)65-59(62)53-50-47-44-41-38-35-31-26-23-20-17-14-11-8-5-2/h7-12,14-21,23-25,27,56H,4-6,13,22,26,28-55H2,1-3H3/b10-7-,11-8-,12-9-,17-14-,18-15-,19-16-,23-20-,24-21-,27-25-. The second-order valence-electron chi connectivity index (χ2n) is 17.1. The predicted octanol–water partition coefficient (Wildman–Crippen LogP) is 17.5. The van der Waals surface area contributed by atoms with Crippen molar-refractivity contribution in [1.82, 2.24) is 0 Å². The van der Waals surface area contributed by atoms with Crippen LogP contribution in [0.15, 0.2) is 109 Å². The van der Waals surface area contributed by atoms with E-state index in [-0.39, 0.29) is 31.1 Å². The average molecular weight is 901 g/mol. The highest BCUT2D eigenvalue weighted by molar-refractivity contribution is 5.71. The van der Waals surface area contributed by atoms with Crippen LogP contribution in [0.4, 0.5) is 0 Å². The third kappa shape index (κ3) is 50.9. The molecule has 0 heterocycles. The van der Waals surface area contributed by atoms with Crippen molar-refractivity contribution in [2.75, 3.05) is 13.2 Å². The van der Waals surface area contributed by atoms with Crippen molar-refractivity contribution < 1.29 is 28.6 Å². The summed E-state index contributed by atoms with van der Waals surface area (Å²) in [5.74, 6) is -0.937. The normalized spacial score (nSPS) is 13.0. The van der Waals surface area contributed by atoms with E-state index in [9.17, 15) is 14.4 Å². The number of hydrogen-bond acceptors (Lipinski definition) is 6. The molecule has 0 aromatic rings. The van der Waals surface area contributed by atoms with Crippen molar-refractivity contribution in [2.45, 2.75) is 232 Å². The van der Waals surface area contributed by atoms with E-state index in [0.29, 0.717) is 19.3 Å². The van der Waals surface area contributed by atoms with Crippen molar-refractivity contribution in [3.05, 3.63) is 109 Å². The summed E-state index contributed by atoms with van der Waals surface area (Å²) in [6.45, 7) is 6.23. The van der Waals surface area contributed by atoms with E-state index in [1.54, 1.807) is 0 Å². The molecule has 0 aliphatic heterocycles. The third-order valence-corrected chi connectivity index (χ3v) is 10.9. The topological polar surface area (TPSA) is 78.9 Å². The van der Waals surface area contributed by atoms with Gasteiger partial charge in [0.1, 0.15) is 13.2 Å². The molecule has 0 fully saturated rings. The van der Waals surface area contributed by atoms with E-state index in [1.165, 1.54) is 64.2 Å². The molecule has 0 rings (SSSR count). The van der Waals surface area contributed by atoms with Crippen LogP contribution in [0.25, 0.3) is 0 Å². The zero-order chi connectivity index (χ0) is 47.2. The summed E-state index contributed by atoms with van der Waals surface area (Å²) >= 11 is 0. The smallest absolute Gasteiger partial charge is 0.306 e. The Kier molecular flexibility index (Phi) is 49.5. The summed E-state index contributed by atoms with van der Waals surface area (Å²) in [6.07, 6.45) is 70.7. The van der Waals surface area contributed by atoms with E-state index >= 15 is 0 Å². The number of allylic oxidation sites excluding steroid dienone is 18. The fourth-order valence-electron chi connectivity index (χ4n) is 6.99. The molecule has 0 N–H and O–H groups in total. The minimum Gasteiger partial charge on any atom is -0.462 e. The highest BCUT2D eigenvalue weighted by Gasteiger charge is 2.19. The van der Waals surface area contributed by atoms with Crippen LogP contribution < -0.4 is 0 Å². The van der Waals surface area contributed by atoms with Gasteiger partial charge in [-0.2, -0.15) is 0 Å². The first kappa shape index (κ1) is 61.1. The molecule has 0 aromatic carbocycles. The lowest BCUT2D eigenvalue weighted by Gasteiger charge is -2.18. The summed E-state index contributed by atoms with van der Waals surface area (Å²) in [6, 6.07) is 0. The lowest BCUT2D eigenvalue weighted by molar-refractivity contribution is -0.167. The second kappa shape index (κ2) is 52.7. The van der Waals surface area contributed by atoms with Crippen molar-refractivity contribution in [3.63, 3.8) is 0 Å². The Balaban J connectivity index is 4.42. The van der Waals surface area contributed by atoms with Gasteiger partial charge in [-0.15, -0.1) is 0 Å². The molecule has 0 aliphatic carbocycles. The Hall–Kier alpha value is -3.93. The van der Waals surface area contributed by atoms with E-state index in [0.717, 1.165) is 122 Å². The maximum Gasteiger partial charge on any atom is 0.306 e. The highest BCUT2D eigenvalue weighted by Crippen LogP contribution is 2.14. The second-order valence-corrected chi connectivity index (χ2v) is 17.1. The first-order valence-electron chi connectivity index (χ1n) is 26.5. The molecule has 1 unspecified atom stereocenters. The van der Waals surface area contributed by atoms with E-state index in [4.69, 9.17) is 14.2 Å². The maximum atomic E-state index is 12.8. The number of esters is 3. The molecule has 0 saturated carbocycles. The van der Waals surface area contributed by atoms with Gasteiger partial charge in [-0.1, -0.05) is 226 Å². The zero-order valence-electron chi connectivity index (χ0n) is 42.0. The lowest BCUT2D eigenvalue weighted by atomic mass is 10.1. The number of carbonyl (C=O) groups is 3. The van der Waals surface area contributed by atoms with Crippen molar-refractivity contribution >= 4 is 17.9 Å². The number of unbranched alkanes of at least 4 members (excludes halogenated alkanes) is 21. The summed E-state index contributed by atoms with van der Waals surface area (Å²) in [5.41, 5.74) is 0. The minimum absolute atomic E-state index is 0.0946. The Morgan fingerprint density at radius 2 is 0.631 bits per heavy atom. The monoisotopic (exact) mass is 901 g/mol. The van der Waals surface area contributed by atoms with Crippen LogP contribution in [0.5, 0.6) is 0 Å².